The van der Waals surface area contributed by atoms with Crippen LogP contribution >= 0.6 is 0 Å². The van der Waals surface area contributed by atoms with E-state index in [-0.39, 0.29) is 24.2 Å². The van der Waals surface area contributed by atoms with Gasteiger partial charge in [0.2, 0.25) is 5.91 Å². The second-order valence-corrected chi connectivity index (χ2v) is 8.26. The number of hydrogen-bond donors (Lipinski definition) is 1. The number of nitrogens with zero attached hydrogens (tertiary/aromatic N) is 1. The van der Waals surface area contributed by atoms with Gasteiger partial charge in [-0.25, -0.2) is 0 Å². The number of methoxy groups -OCH3 is 1. The molecule has 3 aliphatic rings. The van der Waals surface area contributed by atoms with Crippen LogP contribution in [0.3, 0.4) is 0 Å². The predicted octanol–water partition coefficient (Wildman–Crippen LogP) is 2.66. The number of morpholine rings is 1. The minimum atomic E-state index is 0.0190. The van der Waals surface area contributed by atoms with Crippen LogP contribution in [-0.4, -0.2) is 56.4 Å². The highest BCUT2D eigenvalue weighted by Crippen LogP contribution is 2.43. The summed E-state index contributed by atoms with van der Waals surface area (Å²) in [5.41, 5.74) is 2.37. The van der Waals surface area contributed by atoms with Gasteiger partial charge in [0.15, 0.2) is 0 Å². The minimum Gasteiger partial charge on any atom is -0.496 e. The molecule has 6 nitrogen and oxygen atoms in total. The molecule has 1 N–H and O–H groups in total. The topological polar surface area (TPSA) is 60.0 Å². The third kappa shape index (κ3) is 4.34. The molecule has 1 aromatic rings. The molecule has 4 atom stereocenters. The normalized spacial score (nSPS) is 30.6. The van der Waals surface area contributed by atoms with Gasteiger partial charge >= 0.3 is 0 Å². The minimum absolute atomic E-state index is 0.0190. The van der Waals surface area contributed by atoms with Crippen molar-refractivity contribution in [1.29, 1.82) is 0 Å². The summed E-state index contributed by atoms with van der Waals surface area (Å²) >= 11 is 0. The van der Waals surface area contributed by atoms with Crippen molar-refractivity contribution in [2.45, 2.75) is 57.4 Å². The lowest BCUT2D eigenvalue weighted by Crippen LogP contribution is -2.47. The number of rotatable bonds is 5. The molecule has 1 aromatic carbocycles. The van der Waals surface area contributed by atoms with E-state index in [0.29, 0.717) is 5.92 Å². The molecule has 6 heteroatoms. The fourth-order valence-electron chi connectivity index (χ4n) is 5.02. The van der Waals surface area contributed by atoms with E-state index in [1.54, 1.807) is 14.0 Å². The largest absolute Gasteiger partial charge is 0.496 e. The molecule has 1 amide bonds. The number of hydrogen-bond acceptors (Lipinski definition) is 5. The van der Waals surface area contributed by atoms with E-state index in [1.165, 1.54) is 17.5 Å². The van der Waals surface area contributed by atoms with Gasteiger partial charge in [0.1, 0.15) is 5.75 Å². The number of nitrogens with one attached hydrogen (secondary N) is 1. The Morgan fingerprint density at radius 2 is 2.11 bits per heavy atom. The number of amides is 1. The molecule has 0 bridgehead atoms. The molecular formula is C22H32N2O4. The number of carbonyl (C=O) groups is 1. The highest BCUT2D eigenvalue weighted by molar-refractivity contribution is 5.73. The summed E-state index contributed by atoms with van der Waals surface area (Å²) in [5, 5.41) is 3.19. The first-order valence-corrected chi connectivity index (χ1v) is 10.5. The molecule has 2 heterocycles. The quantitative estimate of drug-likeness (QED) is 0.840. The Hall–Kier alpha value is -1.63. The van der Waals surface area contributed by atoms with Crippen molar-refractivity contribution in [3.63, 3.8) is 0 Å². The molecule has 28 heavy (non-hydrogen) atoms. The van der Waals surface area contributed by atoms with Gasteiger partial charge in [0.05, 0.1) is 32.5 Å². The van der Waals surface area contributed by atoms with Gasteiger partial charge in [0, 0.05) is 44.1 Å². The Labute approximate surface area is 167 Å². The summed E-state index contributed by atoms with van der Waals surface area (Å²) in [4.78, 5) is 14.1. The molecule has 0 spiro atoms. The van der Waals surface area contributed by atoms with Crippen molar-refractivity contribution in [1.82, 2.24) is 10.2 Å². The Morgan fingerprint density at radius 3 is 2.86 bits per heavy atom. The van der Waals surface area contributed by atoms with E-state index in [4.69, 9.17) is 14.2 Å². The molecule has 2 saturated heterocycles. The van der Waals surface area contributed by atoms with Crippen LogP contribution in [0.5, 0.6) is 5.75 Å². The Balaban J connectivity index is 1.53. The molecule has 0 unspecified atom stereocenters. The second-order valence-electron chi connectivity index (χ2n) is 8.26. The van der Waals surface area contributed by atoms with Gasteiger partial charge in [0.25, 0.3) is 0 Å². The second kappa shape index (κ2) is 8.80. The van der Waals surface area contributed by atoms with Crippen molar-refractivity contribution in [2.24, 2.45) is 5.92 Å². The SMILES string of the molecule is COc1ccc([C@H]2C[C@@H](NC(C)=O)[C@@H]3CCC[C@H]3O2)cc1CN1CCOCC1. The van der Waals surface area contributed by atoms with E-state index in [2.05, 4.69) is 28.4 Å². The van der Waals surface area contributed by atoms with Crippen LogP contribution in [-0.2, 0) is 20.8 Å². The maximum atomic E-state index is 11.7. The van der Waals surface area contributed by atoms with E-state index >= 15 is 0 Å². The Kier molecular flexibility index (Phi) is 6.19. The first-order chi connectivity index (χ1) is 13.6. The predicted molar refractivity (Wildman–Crippen MR) is 106 cm³/mol. The third-order valence-corrected chi connectivity index (χ3v) is 6.39. The molecule has 2 aliphatic heterocycles. The van der Waals surface area contributed by atoms with Gasteiger partial charge in [-0.05, 0) is 37.0 Å². The monoisotopic (exact) mass is 388 g/mol. The standard InChI is InChI=1S/C22H32N2O4/c1-15(25)23-19-13-22(28-21-5-3-4-18(19)21)16-6-7-20(26-2)17(12-16)14-24-8-10-27-11-9-24/h6-7,12,18-19,21-22H,3-5,8-11,13-14H2,1-2H3,(H,23,25)/t18-,19+,21+,22+/m0/s1. The molecular weight excluding hydrogens is 356 g/mol. The number of fused-ring (bicyclic) bond motifs is 1. The van der Waals surface area contributed by atoms with Crippen molar-refractivity contribution in [3.8, 4) is 5.75 Å². The van der Waals surface area contributed by atoms with Crippen LogP contribution in [0.15, 0.2) is 18.2 Å². The van der Waals surface area contributed by atoms with Crippen LogP contribution in [0.2, 0.25) is 0 Å². The fraction of sp³-hybridized carbons (Fsp3) is 0.682. The van der Waals surface area contributed by atoms with Gasteiger partial charge in [-0.2, -0.15) is 0 Å². The van der Waals surface area contributed by atoms with E-state index in [1.807, 2.05) is 0 Å². The number of benzene rings is 1. The van der Waals surface area contributed by atoms with E-state index < -0.39 is 0 Å². The summed E-state index contributed by atoms with van der Waals surface area (Å²) in [6, 6.07) is 6.61. The summed E-state index contributed by atoms with van der Waals surface area (Å²) in [5.74, 6) is 1.42. The molecule has 4 rings (SSSR count). The first-order valence-electron chi connectivity index (χ1n) is 10.5. The van der Waals surface area contributed by atoms with Crippen molar-refractivity contribution in [3.05, 3.63) is 29.3 Å². The van der Waals surface area contributed by atoms with Crippen LogP contribution in [0.25, 0.3) is 0 Å². The molecule has 1 aliphatic carbocycles. The highest BCUT2D eigenvalue weighted by atomic mass is 16.5. The Bertz CT molecular complexity index is 689. The summed E-state index contributed by atoms with van der Waals surface area (Å²) < 4.78 is 17.6. The lowest BCUT2D eigenvalue weighted by Gasteiger charge is -2.39. The Morgan fingerprint density at radius 1 is 1.29 bits per heavy atom. The lowest BCUT2D eigenvalue weighted by molar-refractivity contribution is -0.124. The lowest BCUT2D eigenvalue weighted by atomic mass is 9.86. The van der Waals surface area contributed by atoms with Gasteiger partial charge in [-0.1, -0.05) is 12.5 Å². The van der Waals surface area contributed by atoms with Crippen LogP contribution in [0.1, 0.15) is 49.8 Å². The van der Waals surface area contributed by atoms with Crippen molar-refractivity contribution in [2.75, 3.05) is 33.4 Å². The maximum absolute atomic E-state index is 11.7. The van der Waals surface area contributed by atoms with Crippen molar-refractivity contribution < 1.29 is 19.0 Å². The van der Waals surface area contributed by atoms with Crippen LogP contribution in [0, 0.1) is 5.92 Å². The highest BCUT2D eigenvalue weighted by Gasteiger charge is 2.42. The number of carbonyl (C=O) groups excluding carboxylic acids is 1. The first kappa shape index (κ1) is 19.7. The third-order valence-electron chi connectivity index (χ3n) is 6.39. The smallest absolute Gasteiger partial charge is 0.217 e. The van der Waals surface area contributed by atoms with Crippen LogP contribution in [0.4, 0.5) is 0 Å². The molecule has 0 aromatic heterocycles. The average Bonchev–Trinajstić information content (AvgIpc) is 3.17. The molecule has 154 valence electrons. The van der Waals surface area contributed by atoms with Crippen LogP contribution < -0.4 is 10.1 Å². The molecule has 0 radical (unpaired) electrons. The zero-order valence-electron chi connectivity index (χ0n) is 17.0. The summed E-state index contributed by atoms with van der Waals surface area (Å²) in [7, 11) is 1.73. The molecule has 1 saturated carbocycles. The fourth-order valence-corrected chi connectivity index (χ4v) is 5.02. The summed E-state index contributed by atoms with van der Waals surface area (Å²) in [6.07, 6.45) is 4.53. The van der Waals surface area contributed by atoms with Gasteiger partial charge < -0.3 is 19.5 Å². The zero-order valence-corrected chi connectivity index (χ0v) is 17.0. The van der Waals surface area contributed by atoms with Crippen molar-refractivity contribution >= 4 is 5.91 Å². The van der Waals surface area contributed by atoms with Gasteiger partial charge in [-0.15, -0.1) is 0 Å². The van der Waals surface area contributed by atoms with Gasteiger partial charge in [-0.3, -0.25) is 9.69 Å². The number of ether oxygens (including phenoxy) is 3. The maximum Gasteiger partial charge on any atom is 0.217 e. The zero-order chi connectivity index (χ0) is 19.5. The molecule has 3 fully saturated rings. The van der Waals surface area contributed by atoms with E-state index in [9.17, 15) is 4.79 Å². The summed E-state index contributed by atoms with van der Waals surface area (Å²) in [6.45, 7) is 5.93. The van der Waals surface area contributed by atoms with E-state index in [0.717, 1.165) is 57.9 Å². The average molecular weight is 389 g/mol.